The average Bonchev–Trinajstić information content (AvgIpc) is 2.56. The standard InChI is InChI=1S/C14H26/c1-14(2,3)8-7-11-9-12-5-4-6-13(12)10-11/h11-13H,4-10H2,1-3H3. The Balaban J connectivity index is 1.74. The van der Waals surface area contributed by atoms with Gasteiger partial charge < -0.3 is 0 Å². The second-order valence-electron chi connectivity index (χ2n) is 6.89. The van der Waals surface area contributed by atoms with Crippen LogP contribution in [0.2, 0.25) is 0 Å². The van der Waals surface area contributed by atoms with Crippen LogP contribution in [-0.2, 0) is 0 Å². The van der Waals surface area contributed by atoms with E-state index >= 15 is 0 Å². The molecule has 0 nitrogen and oxygen atoms in total. The molecule has 0 radical (unpaired) electrons. The van der Waals surface area contributed by atoms with Gasteiger partial charge in [-0.2, -0.15) is 0 Å². The van der Waals surface area contributed by atoms with Gasteiger partial charge in [-0.3, -0.25) is 0 Å². The van der Waals surface area contributed by atoms with E-state index < -0.39 is 0 Å². The van der Waals surface area contributed by atoms with E-state index in [0.29, 0.717) is 5.41 Å². The highest BCUT2D eigenvalue weighted by atomic mass is 14.4. The molecule has 2 atom stereocenters. The normalized spacial score (nSPS) is 37.5. The van der Waals surface area contributed by atoms with Crippen LogP contribution in [-0.4, -0.2) is 0 Å². The highest BCUT2D eigenvalue weighted by molar-refractivity contribution is 4.88. The van der Waals surface area contributed by atoms with Gasteiger partial charge in [0.2, 0.25) is 0 Å². The fourth-order valence-electron chi connectivity index (χ4n) is 3.56. The van der Waals surface area contributed by atoms with Crippen molar-refractivity contribution < 1.29 is 0 Å². The molecular formula is C14H26. The molecule has 0 aromatic rings. The predicted octanol–water partition coefficient (Wildman–Crippen LogP) is 4.64. The lowest BCUT2D eigenvalue weighted by molar-refractivity contribution is 0.315. The molecular weight excluding hydrogens is 168 g/mol. The summed E-state index contributed by atoms with van der Waals surface area (Å²) in [7, 11) is 0. The summed E-state index contributed by atoms with van der Waals surface area (Å²) < 4.78 is 0. The second kappa shape index (κ2) is 3.87. The summed E-state index contributed by atoms with van der Waals surface area (Å²) in [6.45, 7) is 7.13. The molecule has 82 valence electrons. The Morgan fingerprint density at radius 3 is 2.07 bits per heavy atom. The average molecular weight is 194 g/mol. The van der Waals surface area contributed by atoms with Crippen LogP contribution in [0.5, 0.6) is 0 Å². The van der Waals surface area contributed by atoms with Crippen molar-refractivity contribution in [2.24, 2.45) is 23.2 Å². The van der Waals surface area contributed by atoms with Crippen LogP contribution in [0.4, 0.5) is 0 Å². The zero-order valence-corrected chi connectivity index (χ0v) is 10.2. The van der Waals surface area contributed by atoms with Gasteiger partial charge in [-0.05, 0) is 48.9 Å². The van der Waals surface area contributed by atoms with Crippen molar-refractivity contribution in [3.63, 3.8) is 0 Å². The molecule has 0 aliphatic heterocycles. The summed E-state index contributed by atoms with van der Waals surface area (Å²) in [5, 5.41) is 0. The van der Waals surface area contributed by atoms with E-state index in [0.717, 1.165) is 17.8 Å². The van der Waals surface area contributed by atoms with Gasteiger partial charge in [-0.1, -0.05) is 40.0 Å². The monoisotopic (exact) mass is 194 g/mol. The smallest absolute Gasteiger partial charge is 0.0383 e. The maximum absolute atomic E-state index is 2.38. The van der Waals surface area contributed by atoms with Crippen LogP contribution < -0.4 is 0 Å². The Hall–Kier alpha value is 0. The number of hydrogen-bond donors (Lipinski definition) is 0. The third-order valence-electron chi connectivity index (χ3n) is 4.39. The Morgan fingerprint density at radius 2 is 1.57 bits per heavy atom. The summed E-state index contributed by atoms with van der Waals surface area (Å²) in [5.74, 6) is 3.37. The highest BCUT2D eigenvalue weighted by Gasteiger charge is 2.36. The van der Waals surface area contributed by atoms with Gasteiger partial charge in [0.25, 0.3) is 0 Å². The Labute approximate surface area is 89.5 Å². The third-order valence-corrected chi connectivity index (χ3v) is 4.39. The molecule has 2 aliphatic carbocycles. The van der Waals surface area contributed by atoms with Crippen molar-refractivity contribution >= 4 is 0 Å². The van der Waals surface area contributed by atoms with Crippen LogP contribution in [0.25, 0.3) is 0 Å². The summed E-state index contributed by atoms with van der Waals surface area (Å²) in [4.78, 5) is 0. The van der Waals surface area contributed by atoms with E-state index in [1.54, 1.807) is 25.7 Å². The van der Waals surface area contributed by atoms with E-state index in [9.17, 15) is 0 Å². The predicted molar refractivity (Wildman–Crippen MR) is 62.2 cm³/mol. The molecule has 2 unspecified atom stereocenters. The van der Waals surface area contributed by atoms with Gasteiger partial charge in [0.15, 0.2) is 0 Å². The first-order chi connectivity index (χ1) is 6.54. The fourth-order valence-corrected chi connectivity index (χ4v) is 3.56. The van der Waals surface area contributed by atoms with E-state index in [4.69, 9.17) is 0 Å². The van der Waals surface area contributed by atoms with Gasteiger partial charge in [-0.15, -0.1) is 0 Å². The van der Waals surface area contributed by atoms with Gasteiger partial charge in [0, 0.05) is 0 Å². The molecule has 2 aliphatic rings. The zero-order valence-electron chi connectivity index (χ0n) is 10.2. The van der Waals surface area contributed by atoms with E-state index in [1.807, 2.05) is 0 Å². The summed E-state index contributed by atoms with van der Waals surface area (Å²) in [5.41, 5.74) is 0.553. The molecule has 2 rings (SSSR count). The second-order valence-corrected chi connectivity index (χ2v) is 6.89. The number of rotatable bonds is 2. The topological polar surface area (TPSA) is 0 Å². The largest absolute Gasteiger partial charge is 0.0602 e. The molecule has 0 aromatic heterocycles. The lowest BCUT2D eigenvalue weighted by atomic mass is 9.85. The third kappa shape index (κ3) is 2.52. The van der Waals surface area contributed by atoms with Crippen molar-refractivity contribution in [1.29, 1.82) is 0 Å². The van der Waals surface area contributed by atoms with Crippen LogP contribution in [0.15, 0.2) is 0 Å². The summed E-state index contributed by atoms with van der Waals surface area (Å²) in [6, 6.07) is 0. The lowest BCUT2D eigenvalue weighted by Crippen LogP contribution is -2.08. The van der Waals surface area contributed by atoms with Crippen molar-refractivity contribution in [2.45, 2.75) is 65.7 Å². The fraction of sp³-hybridized carbons (Fsp3) is 1.00. The summed E-state index contributed by atoms with van der Waals surface area (Å²) in [6.07, 6.45) is 10.7. The van der Waals surface area contributed by atoms with E-state index in [2.05, 4.69) is 20.8 Å². The van der Waals surface area contributed by atoms with Crippen molar-refractivity contribution in [3.8, 4) is 0 Å². The summed E-state index contributed by atoms with van der Waals surface area (Å²) >= 11 is 0. The molecule has 0 amide bonds. The van der Waals surface area contributed by atoms with Gasteiger partial charge in [0.1, 0.15) is 0 Å². The first-order valence-electron chi connectivity index (χ1n) is 6.54. The Kier molecular flexibility index (Phi) is 2.91. The van der Waals surface area contributed by atoms with Crippen molar-refractivity contribution in [1.82, 2.24) is 0 Å². The quantitative estimate of drug-likeness (QED) is 0.601. The minimum Gasteiger partial charge on any atom is -0.0602 e. The molecule has 2 saturated carbocycles. The molecule has 0 spiro atoms. The molecule has 14 heavy (non-hydrogen) atoms. The molecule has 0 heteroatoms. The van der Waals surface area contributed by atoms with Gasteiger partial charge in [0.05, 0.1) is 0 Å². The molecule has 0 aromatic carbocycles. The minimum absolute atomic E-state index is 0.553. The first kappa shape index (κ1) is 10.5. The van der Waals surface area contributed by atoms with Crippen LogP contribution in [0.3, 0.4) is 0 Å². The Morgan fingerprint density at radius 1 is 1.00 bits per heavy atom. The SMILES string of the molecule is CC(C)(C)CCC1CC2CCCC2C1. The van der Waals surface area contributed by atoms with E-state index in [1.165, 1.54) is 19.3 Å². The molecule has 0 N–H and O–H groups in total. The lowest BCUT2D eigenvalue weighted by Gasteiger charge is -2.20. The van der Waals surface area contributed by atoms with E-state index in [-0.39, 0.29) is 0 Å². The zero-order chi connectivity index (χ0) is 10.2. The maximum Gasteiger partial charge on any atom is -0.0383 e. The first-order valence-corrected chi connectivity index (χ1v) is 6.54. The molecule has 0 bridgehead atoms. The maximum atomic E-state index is 2.38. The number of hydrogen-bond acceptors (Lipinski definition) is 0. The van der Waals surface area contributed by atoms with Crippen LogP contribution in [0, 0.1) is 23.2 Å². The van der Waals surface area contributed by atoms with Crippen LogP contribution >= 0.6 is 0 Å². The molecule has 0 heterocycles. The number of fused-ring (bicyclic) bond motifs is 1. The van der Waals surface area contributed by atoms with Crippen molar-refractivity contribution in [2.75, 3.05) is 0 Å². The van der Waals surface area contributed by atoms with Gasteiger partial charge in [-0.25, -0.2) is 0 Å². The van der Waals surface area contributed by atoms with Crippen LogP contribution in [0.1, 0.15) is 65.7 Å². The Bertz CT molecular complexity index is 175. The molecule has 0 saturated heterocycles. The van der Waals surface area contributed by atoms with Gasteiger partial charge >= 0.3 is 0 Å². The molecule has 2 fully saturated rings. The minimum atomic E-state index is 0.553. The highest BCUT2D eigenvalue weighted by Crippen LogP contribution is 2.48. The van der Waals surface area contributed by atoms with Crippen molar-refractivity contribution in [3.05, 3.63) is 0 Å².